The Labute approximate surface area is 156 Å². The van der Waals surface area contributed by atoms with Crippen LogP contribution >= 0.6 is 0 Å². The van der Waals surface area contributed by atoms with E-state index in [0.29, 0.717) is 11.3 Å². The van der Waals surface area contributed by atoms with Crippen LogP contribution < -0.4 is 15.4 Å². The van der Waals surface area contributed by atoms with Crippen LogP contribution in [0.5, 0.6) is 5.75 Å². The van der Waals surface area contributed by atoms with E-state index < -0.39 is 17.4 Å². The average molecular weight is 374 g/mol. The molecule has 0 spiro atoms. The minimum atomic E-state index is -1.12. The second-order valence-corrected chi connectivity index (χ2v) is 6.17. The zero-order valence-corrected chi connectivity index (χ0v) is 15.2. The highest BCUT2D eigenvalue weighted by Crippen LogP contribution is 2.28. The Bertz CT molecular complexity index is 802. The van der Waals surface area contributed by atoms with E-state index in [1.165, 1.54) is 19.4 Å². The number of carbonyl (C=O) groups is 3. The van der Waals surface area contributed by atoms with E-state index in [1.807, 2.05) is 0 Å². The van der Waals surface area contributed by atoms with Gasteiger partial charge in [0.2, 0.25) is 5.91 Å². The lowest BCUT2D eigenvalue weighted by molar-refractivity contribution is -0.139. The molecule has 0 aliphatic rings. The van der Waals surface area contributed by atoms with E-state index in [4.69, 9.17) is 9.15 Å². The number of ether oxygens (including phenoxy) is 1. The molecular formula is C19H22N2O6. The Hall–Kier alpha value is -3.29. The lowest BCUT2D eigenvalue weighted by Crippen LogP contribution is -2.45. The summed E-state index contributed by atoms with van der Waals surface area (Å²) in [5, 5.41) is 14.6. The van der Waals surface area contributed by atoms with Crippen molar-refractivity contribution < 1.29 is 28.6 Å². The van der Waals surface area contributed by atoms with E-state index in [0.717, 1.165) is 0 Å². The van der Waals surface area contributed by atoms with Crippen molar-refractivity contribution in [3.8, 4) is 5.75 Å². The predicted molar refractivity (Wildman–Crippen MR) is 96.4 cm³/mol. The van der Waals surface area contributed by atoms with Gasteiger partial charge in [-0.25, -0.2) is 0 Å². The average Bonchev–Trinajstić information content (AvgIpc) is 3.15. The molecule has 2 rings (SSSR count). The lowest BCUT2D eigenvalue weighted by Gasteiger charge is -2.30. The van der Waals surface area contributed by atoms with Crippen molar-refractivity contribution >= 4 is 17.8 Å². The molecule has 1 atom stereocenters. The molecule has 8 heteroatoms. The Kier molecular flexibility index (Phi) is 6.59. The summed E-state index contributed by atoms with van der Waals surface area (Å²) >= 11 is 0. The molecule has 1 unspecified atom stereocenters. The molecule has 2 aromatic rings. The number of aliphatic carboxylic acids is 1. The van der Waals surface area contributed by atoms with E-state index in [-0.39, 0.29) is 31.1 Å². The maximum atomic E-state index is 12.3. The molecule has 27 heavy (non-hydrogen) atoms. The van der Waals surface area contributed by atoms with Gasteiger partial charge in [0.25, 0.3) is 5.91 Å². The summed E-state index contributed by atoms with van der Waals surface area (Å²) in [6, 6.07) is 9.97. The van der Waals surface area contributed by atoms with Gasteiger partial charge < -0.3 is 24.9 Å². The third-order valence-electron chi connectivity index (χ3n) is 4.01. The molecule has 1 aromatic heterocycles. The molecule has 0 saturated heterocycles. The van der Waals surface area contributed by atoms with Crippen LogP contribution in [0.1, 0.15) is 35.9 Å². The molecule has 0 aliphatic heterocycles. The smallest absolute Gasteiger partial charge is 0.306 e. The zero-order valence-electron chi connectivity index (χ0n) is 15.2. The van der Waals surface area contributed by atoms with Crippen molar-refractivity contribution in [3.05, 3.63) is 54.0 Å². The van der Waals surface area contributed by atoms with Gasteiger partial charge >= 0.3 is 5.97 Å². The summed E-state index contributed by atoms with van der Waals surface area (Å²) < 4.78 is 10.1. The number of amides is 2. The zero-order chi connectivity index (χ0) is 19.9. The standard InChI is InChI=1S/C19H22N2O6/c1-19(12-17(23)24,13-5-3-6-14(11-13)26-2)21-16(22)8-9-20-18(25)15-7-4-10-27-15/h3-7,10-11H,8-9,12H2,1-2H3,(H,20,25)(H,21,22)(H,23,24). The van der Waals surface area contributed by atoms with Gasteiger partial charge in [0.05, 0.1) is 25.3 Å². The predicted octanol–water partition coefficient (Wildman–Crippen LogP) is 1.91. The molecule has 0 bridgehead atoms. The number of carboxylic acid groups (broad SMARTS) is 1. The van der Waals surface area contributed by atoms with Gasteiger partial charge in [0, 0.05) is 13.0 Å². The van der Waals surface area contributed by atoms with E-state index in [1.54, 1.807) is 37.3 Å². The summed E-state index contributed by atoms with van der Waals surface area (Å²) in [5.74, 6) is -1.14. The maximum Gasteiger partial charge on any atom is 0.306 e. The first-order valence-corrected chi connectivity index (χ1v) is 8.33. The van der Waals surface area contributed by atoms with Crippen LogP contribution in [-0.4, -0.2) is 36.5 Å². The Morgan fingerprint density at radius 2 is 2.00 bits per heavy atom. The van der Waals surface area contributed by atoms with Gasteiger partial charge in [-0.1, -0.05) is 12.1 Å². The van der Waals surface area contributed by atoms with Crippen LogP contribution in [0.3, 0.4) is 0 Å². The monoisotopic (exact) mass is 374 g/mol. The molecule has 2 amide bonds. The highest BCUT2D eigenvalue weighted by atomic mass is 16.5. The van der Waals surface area contributed by atoms with Crippen molar-refractivity contribution in [2.24, 2.45) is 0 Å². The normalized spacial score (nSPS) is 12.7. The molecule has 0 aliphatic carbocycles. The van der Waals surface area contributed by atoms with Gasteiger partial charge in [0.1, 0.15) is 5.75 Å². The van der Waals surface area contributed by atoms with Crippen molar-refractivity contribution in [1.29, 1.82) is 0 Å². The lowest BCUT2D eigenvalue weighted by atomic mass is 9.88. The van der Waals surface area contributed by atoms with Crippen LogP contribution in [0.4, 0.5) is 0 Å². The highest BCUT2D eigenvalue weighted by Gasteiger charge is 2.31. The fourth-order valence-electron chi connectivity index (χ4n) is 2.64. The second-order valence-electron chi connectivity index (χ2n) is 6.17. The van der Waals surface area contributed by atoms with Gasteiger partial charge in [0.15, 0.2) is 5.76 Å². The molecular weight excluding hydrogens is 352 g/mol. The molecule has 8 nitrogen and oxygen atoms in total. The van der Waals surface area contributed by atoms with Crippen LogP contribution in [0.15, 0.2) is 47.1 Å². The summed E-state index contributed by atoms with van der Waals surface area (Å²) in [5.41, 5.74) is -0.514. The number of carboxylic acids is 1. The molecule has 1 aromatic carbocycles. The summed E-state index contributed by atoms with van der Waals surface area (Å²) in [6.45, 7) is 1.72. The third kappa shape index (κ3) is 5.60. The van der Waals surface area contributed by atoms with Crippen LogP contribution in [0.2, 0.25) is 0 Å². The number of methoxy groups -OCH3 is 1. The highest BCUT2D eigenvalue weighted by molar-refractivity contribution is 5.91. The van der Waals surface area contributed by atoms with Gasteiger partial charge in [-0.05, 0) is 36.8 Å². The summed E-state index contributed by atoms with van der Waals surface area (Å²) in [4.78, 5) is 35.4. The number of hydrogen-bond acceptors (Lipinski definition) is 5. The first-order valence-electron chi connectivity index (χ1n) is 8.33. The van der Waals surface area contributed by atoms with Crippen molar-refractivity contribution in [3.63, 3.8) is 0 Å². The van der Waals surface area contributed by atoms with Crippen LogP contribution in [0.25, 0.3) is 0 Å². The van der Waals surface area contributed by atoms with Crippen LogP contribution in [-0.2, 0) is 15.1 Å². The fourth-order valence-corrected chi connectivity index (χ4v) is 2.64. The third-order valence-corrected chi connectivity index (χ3v) is 4.01. The second kappa shape index (κ2) is 8.88. The molecule has 1 heterocycles. The molecule has 0 radical (unpaired) electrons. The summed E-state index contributed by atoms with van der Waals surface area (Å²) in [7, 11) is 1.51. The number of furan rings is 1. The minimum absolute atomic E-state index is 0.00831. The number of hydrogen-bond donors (Lipinski definition) is 3. The first-order chi connectivity index (χ1) is 12.8. The van der Waals surface area contributed by atoms with Gasteiger partial charge in [-0.2, -0.15) is 0 Å². The SMILES string of the molecule is COc1cccc(C(C)(CC(=O)O)NC(=O)CCNC(=O)c2ccco2)c1. The maximum absolute atomic E-state index is 12.3. The van der Waals surface area contributed by atoms with Crippen LogP contribution in [0, 0.1) is 0 Å². The number of rotatable bonds is 9. The first kappa shape index (κ1) is 20.0. The van der Waals surface area contributed by atoms with Gasteiger partial charge in [-0.15, -0.1) is 0 Å². The number of benzene rings is 1. The molecule has 144 valence electrons. The minimum Gasteiger partial charge on any atom is -0.497 e. The Morgan fingerprint density at radius 1 is 1.22 bits per heavy atom. The largest absolute Gasteiger partial charge is 0.497 e. The van der Waals surface area contributed by atoms with Gasteiger partial charge in [-0.3, -0.25) is 14.4 Å². The topological polar surface area (TPSA) is 118 Å². The summed E-state index contributed by atoms with van der Waals surface area (Å²) in [6.07, 6.45) is 1.07. The Morgan fingerprint density at radius 3 is 2.63 bits per heavy atom. The van der Waals surface area contributed by atoms with Crippen molar-refractivity contribution in [1.82, 2.24) is 10.6 Å². The van der Waals surface area contributed by atoms with Crippen molar-refractivity contribution in [2.75, 3.05) is 13.7 Å². The Balaban J connectivity index is 2.00. The molecule has 3 N–H and O–H groups in total. The van der Waals surface area contributed by atoms with E-state index in [2.05, 4.69) is 10.6 Å². The number of nitrogens with one attached hydrogen (secondary N) is 2. The van der Waals surface area contributed by atoms with E-state index >= 15 is 0 Å². The molecule has 0 saturated carbocycles. The fraction of sp³-hybridized carbons (Fsp3) is 0.316. The quantitative estimate of drug-likeness (QED) is 0.617. The number of carbonyl (C=O) groups excluding carboxylic acids is 2. The van der Waals surface area contributed by atoms with Crippen molar-refractivity contribution in [2.45, 2.75) is 25.3 Å². The van der Waals surface area contributed by atoms with E-state index in [9.17, 15) is 19.5 Å². The molecule has 0 fully saturated rings.